The molecule has 0 bridgehead atoms. The Morgan fingerprint density at radius 2 is 1.80 bits per heavy atom. The van der Waals surface area contributed by atoms with E-state index in [4.69, 9.17) is 5.73 Å². The maximum Gasteiger partial charge on any atom is 0.240 e. The summed E-state index contributed by atoms with van der Waals surface area (Å²) in [7, 11) is 0. The van der Waals surface area contributed by atoms with E-state index in [9.17, 15) is 4.79 Å². The van der Waals surface area contributed by atoms with Gasteiger partial charge in [0.15, 0.2) is 0 Å². The minimum Gasteiger partial charge on any atom is -0.334 e. The highest BCUT2D eigenvalue weighted by Gasteiger charge is 2.29. The van der Waals surface area contributed by atoms with E-state index < -0.39 is 0 Å². The van der Waals surface area contributed by atoms with E-state index in [0.29, 0.717) is 5.92 Å². The monoisotopic (exact) mass is 208 g/mol. The number of carbonyl (C=O) groups excluding carboxylic acids is 1. The van der Waals surface area contributed by atoms with E-state index in [1.807, 2.05) is 17.1 Å². The highest BCUT2D eigenvalue weighted by molar-refractivity contribution is 5.82. The number of carbonyl (C=O) groups is 1. The zero-order valence-corrected chi connectivity index (χ0v) is 9.19. The molecular weight excluding hydrogens is 188 g/mol. The van der Waals surface area contributed by atoms with Gasteiger partial charge in [-0.05, 0) is 18.8 Å². The maximum absolute atomic E-state index is 12.0. The molecule has 2 N–H and O–H groups in total. The summed E-state index contributed by atoms with van der Waals surface area (Å²) in [5, 5.41) is 0. The first kappa shape index (κ1) is 10.7. The Labute approximate surface area is 91.3 Å². The molecule has 15 heavy (non-hydrogen) atoms. The van der Waals surface area contributed by atoms with Crippen LogP contribution in [0.25, 0.3) is 0 Å². The van der Waals surface area contributed by atoms with Gasteiger partial charge in [0.2, 0.25) is 5.91 Å². The highest BCUT2D eigenvalue weighted by atomic mass is 16.2. The second-order valence-corrected chi connectivity index (χ2v) is 4.64. The number of rotatable bonds is 2. The number of amides is 1. The maximum atomic E-state index is 12.0. The lowest BCUT2D eigenvalue weighted by Crippen LogP contribution is -2.47. The second-order valence-electron chi connectivity index (χ2n) is 4.64. The van der Waals surface area contributed by atoms with Crippen molar-refractivity contribution in [1.82, 2.24) is 4.90 Å². The van der Waals surface area contributed by atoms with Crippen molar-refractivity contribution in [3.63, 3.8) is 0 Å². The Morgan fingerprint density at radius 1 is 1.20 bits per heavy atom. The Kier molecular flexibility index (Phi) is 3.41. The van der Waals surface area contributed by atoms with Gasteiger partial charge in [-0.15, -0.1) is 0 Å². The Bertz CT molecular complexity index is 248. The van der Waals surface area contributed by atoms with Crippen LogP contribution < -0.4 is 5.73 Å². The summed E-state index contributed by atoms with van der Waals surface area (Å²) >= 11 is 0. The summed E-state index contributed by atoms with van der Waals surface area (Å²) in [6.45, 7) is 1.50. The average Bonchev–Trinajstić information content (AvgIpc) is 2.82. The zero-order valence-electron chi connectivity index (χ0n) is 9.19. The summed E-state index contributed by atoms with van der Waals surface area (Å²) in [4.78, 5) is 13.9. The largest absolute Gasteiger partial charge is 0.334 e. The third-order valence-corrected chi connectivity index (χ3v) is 3.57. The first-order valence-electron chi connectivity index (χ1n) is 5.98. The summed E-state index contributed by atoms with van der Waals surface area (Å²) in [6.07, 6.45) is 10.1. The van der Waals surface area contributed by atoms with Crippen LogP contribution in [0.5, 0.6) is 0 Å². The van der Waals surface area contributed by atoms with Gasteiger partial charge in [-0.2, -0.15) is 0 Å². The minimum atomic E-state index is -0.259. The van der Waals surface area contributed by atoms with Crippen LogP contribution in [0.2, 0.25) is 0 Å². The number of nitrogens with zero attached hydrogens (tertiary/aromatic N) is 1. The molecule has 1 atom stereocenters. The van der Waals surface area contributed by atoms with Crippen LogP contribution in [0.4, 0.5) is 0 Å². The Hall–Kier alpha value is -0.830. The van der Waals surface area contributed by atoms with Gasteiger partial charge in [0, 0.05) is 13.1 Å². The number of hydrogen-bond donors (Lipinski definition) is 1. The van der Waals surface area contributed by atoms with E-state index in [2.05, 4.69) is 0 Å². The molecule has 2 rings (SSSR count). The molecule has 0 radical (unpaired) electrons. The molecule has 84 valence electrons. The highest BCUT2D eigenvalue weighted by Crippen LogP contribution is 2.26. The van der Waals surface area contributed by atoms with Crippen molar-refractivity contribution in [2.75, 3.05) is 13.1 Å². The fraction of sp³-hybridized carbons (Fsp3) is 0.750. The van der Waals surface area contributed by atoms with Crippen LogP contribution in [-0.4, -0.2) is 29.9 Å². The van der Waals surface area contributed by atoms with Gasteiger partial charge in [-0.3, -0.25) is 4.79 Å². The number of hydrogen-bond acceptors (Lipinski definition) is 2. The topological polar surface area (TPSA) is 46.3 Å². The van der Waals surface area contributed by atoms with E-state index in [0.717, 1.165) is 25.9 Å². The molecule has 0 aromatic carbocycles. The van der Waals surface area contributed by atoms with Crippen molar-refractivity contribution in [2.24, 2.45) is 11.7 Å². The van der Waals surface area contributed by atoms with Crippen LogP contribution in [0.1, 0.15) is 32.1 Å². The second kappa shape index (κ2) is 4.79. The molecule has 3 nitrogen and oxygen atoms in total. The SMILES string of the molecule is N[C@H](C(=O)N1CC=CC1)C1CCCCC1. The summed E-state index contributed by atoms with van der Waals surface area (Å²) in [6, 6.07) is -0.259. The fourth-order valence-corrected chi connectivity index (χ4v) is 2.56. The molecule has 0 aromatic rings. The van der Waals surface area contributed by atoms with E-state index in [1.165, 1.54) is 19.3 Å². The summed E-state index contributed by atoms with van der Waals surface area (Å²) < 4.78 is 0. The van der Waals surface area contributed by atoms with Crippen LogP contribution in [-0.2, 0) is 4.79 Å². The van der Waals surface area contributed by atoms with Gasteiger partial charge < -0.3 is 10.6 Å². The standard InChI is InChI=1S/C12H20N2O/c13-11(10-6-2-1-3-7-10)12(15)14-8-4-5-9-14/h4-5,10-11H,1-3,6-9,13H2/t11-/m0/s1. The molecular formula is C12H20N2O. The van der Waals surface area contributed by atoms with Gasteiger partial charge in [-0.1, -0.05) is 31.4 Å². The van der Waals surface area contributed by atoms with Gasteiger partial charge in [0.1, 0.15) is 0 Å². The zero-order chi connectivity index (χ0) is 10.7. The lowest BCUT2D eigenvalue weighted by atomic mass is 9.84. The molecule has 2 aliphatic rings. The molecule has 1 aliphatic heterocycles. The predicted octanol–water partition coefficient (Wildman–Crippen LogP) is 1.29. The Morgan fingerprint density at radius 3 is 2.40 bits per heavy atom. The molecule has 1 amide bonds. The molecule has 0 spiro atoms. The molecule has 0 aromatic heterocycles. The van der Waals surface area contributed by atoms with Crippen molar-refractivity contribution in [1.29, 1.82) is 0 Å². The van der Waals surface area contributed by atoms with Gasteiger partial charge in [0.05, 0.1) is 6.04 Å². The molecule has 1 heterocycles. The van der Waals surface area contributed by atoms with Crippen LogP contribution in [0, 0.1) is 5.92 Å². The van der Waals surface area contributed by atoms with Gasteiger partial charge in [-0.25, -0.2) is 0 Å². The first-order chi connectivity index (χ1) is 7.29. The van der Waals surface area contributed by atoms with Crippen LogP contribution >= 0.6 is 0 Å². The van der Waals surface area contributed by atoms with E-state index >= 15 is 0 Å². The molecule has 0 unspecified atom stereocenters. The minimum absolute atomic E-state index is 0.145. The van der Waals surface area contributed by atoms with Gasteiger partial charge >= 0.3 is 0 Å². The molecule has 1 saturated carbocycles. The average molecular weight is 208 g/mol. The van der Waals surface area contributed by atoms with Crippen molar-refractivity contribution < 1.29 is 4.79 Å². The van der Waals surface area contributed by atoms with Crippen molar-refractivity contribution in [3.8, 4) is 0 Å². The van der Waals surface area contributed by atoms with Crippen molar-refractivity contribution >= 4 is 5.91 Å². The molecule has 1 fully saturated rings. The van der Waals surface area contributed by atoms with Crippen LogP contribution in [0.3, 0.4) is 0 Å². The quantitative estimate of drug-likeness (QED) is 0.695. The molecule has 3 heteroatoms. The van der Waals surface area contributed by atoms with E-state index in [-0.39, 0.29) is 11.9 Å². The van der Waals surface area contributed by atoms with E-state index in [1.54, 1.807) is 0 Å². The van der Waals surface area contributed by atoms with Crippen LogP contribution in [0.15, 0.2) is 12.2 Å². The lowest BCUT2D eigenvalue weighted by Gasteiger charge is -2.29. The van der Waals surface area contributed by atoms with Crippen molar-refractivity contribution in [2.45, 2.75) is 38.1 Å². The lowest BCUT2D eigenvalue weighted by molar-refractivity contribution is -0.132. The third-order valence-electron chi connectivity index (χ3n) is 3.57. The predicted molar refractivity (Wildman–Crippen MR) is 60.3 cm³/mol. The summed E-state index contributed by atoms with van der Waals surface area (Å²) in [5.74, 6) is 0.568. The molecule has 0 saturated heterocycles. The fourth-order valence-electron chi connectivity index (χ4n) is 2.56. The summed E-state index contributed by atoms with van der Waals surface area (Å²) in [5.41, 5.74) is 6.05. The smallest absolute Gasteiger partial charge is 0.240 e. The molecule has 1 aliphatic carbocycles. The first-order valence-corrected chi connectivity index (χ1v) is 5.98. The van der Waals surface area contributed by atoms with Crippen molar-refractivity contribution in [3.05, 3.63) is 12.2 Å². The third kappa shape index (κ3) is 2.40. The van der Waals surface area contributed by atoms with Gasteiger partial charge in [0.25, 0.3) is 0 Å². The Balaban J connectivity index is 1.88. The number of nitrogens with two attached hydrogens (primary N) is 1. The normalized spacial score (nSPS) is 24.5.